The number of hydrogen-bond donors (Lipinski definition) is 3. The lowest BCUT2D eigenvalue weighted by Crippen LogP contribution is -2.28. The van der Waals surface area contributed by atoms with Gasteiger partial charge >= 0.3 is 5.63 Å². The van der Waals surface area contributed by atoms with Crippen molar-refractivity contribution in [3.8, 4) is 5.75 Å². The van der Waals surface area contributed by atoms with Gasteiger partial charge < -0.3 is 14.8 Å². The van der Waals surface area contributed by atoms with Crippen molar-refractivity contribution < 1.29 is 9.52 Å². The van der Waals surface area contributed by atoms with Gasteiger partial charge in [0, 0.05) is 18.5 Å². The van der Waals surface area contributed by atoms with Crippen LogP contribution in [0.3, 0.4) is 0 Å². The van der Waals surface area contributed by atoms with E-state index in [0.717, 1.165) is 10.9 Å². The van der Waals surface area contributed by atoms with Crippen molar-refractivity contribution in [2.75, 3.05) is 7.05 Å². The van der Waals surface area contributed by atoms with E-state index in [1.165, 1.54) is 18.3 Å². The van der Waals surface area contributed by atoms with Gasteiger partial charge in [-0.05, 0) is 36.8 Å². The number of hydrogen-bond acceptors (Lipinski definition) is 5. The first-order chi connectivity index (χ1) is 9.52. The van der Waals surface area contributed by atoms with Crippen molar-refractivity contribution in [1.29, 1.82) is 0 Å². The van der Waals surface area contributed by atoms with Gasteiger partial charge in [0.15, 0.2) is 10.7 Å². The fraction of sp³-hybridized carbons (Fsp3) is 0.154. The Morgan fingerprint density at radius 2 is 2.25 bits per heavy atom. The lowest BCUT2D eigenvalue weighted by atomic mass is 10.1. The molecule has 0 saturated heterocycles. The third-order valence-electron chi connectivity index (χ3n) is 2.72. The monoisotopic (exact) mass is 291 g/mol. The number of rotatable bonds is 2. The molecular weight excluding hydrogens is 278 g/mol. The van der Waals surface area contributed by atoms with E-state index in [0.29, 0.717) is 10.7 Å². The molecule has 6 nitrogen and oxygen atoms in total. The molecule has 0 aliphatic heterocycles. The van der Waals surface area contributed by atoms with Crippen molar-refractivity contribution >= 4 is 34.5 Å². The van der Waals surface area contributed by atoms with E-state index in [-0.39, 0.29) is 11.3 Å². The van der Waals surface area contributed by atoms with Crippen LogP contribution < -0.4 is 16.4 Å². The van der Waals surface area contributed by atoms with Gasteiger partial charge in [-0.1, -0.05) is 0 Å². The van der Waals surface area contributed by atoms with Crippen LogP contribution in [-0.4, -0.2) is 23.5 Å². The molecule has 7 heteroatoms. The van der Waals surface area contributed by atoms with Gasteiger partial charge in [0.05, 0.1) is 11.8 Å². The summed E-state index contributed by atoms with van der Waals surface area (Å²) in [5.74, 6) is -0.0350. The molecule has 104 valence electrons. The second-order valence-corrected chi connectivity index (χ2v) is 4.48. The van der Waals surface area contributed by atoms with E-state index < -0.39 is 5.63 Å². The Morgan fingerprint density at radius 3 is 2.95 bits per heavy atom. The predicted molar refractivity (Wildman–Crippen MR) is 81.3 cm³/mol. The predicted octanol–water partition coefficient (Wildman–Crippen LogP) is 1.23. The number of aryl methyl sites for hydroxylation is 1. The molecule has 2 rings (SSSR count). The standard InChI is InChI=1S/C13H13N3O3S/c1-7-5-11(18)19-12-8(7)3-4-10(17)9(12)6-15-16-13(20)14-2/h3-6,17H,1-2H3,(H2,14,16,20)/b15-6+. The molecule has 2 aromatic rings. The maximum Gasteiger partial charge on any atom is 0.336 e. The molecule has 0 atom stereocenters. The SMILES string of the molecule is CNC(=S)N/N=C/c1c(O)ccc2c(C)cc(=O)oc12. The molecule has 3 N–H and O–H groups in total. The summed E-state index contributed by atoms with van der Waals surface area (Å²) in [6.45, 7) is 1.80. The highest BCUT2D eigenvalue weighted by Crippen LogP contribution is 2.26. The summed E-state index contributed by atoms with van der Waals surface area (Å²) < 4.78 is 5.16. The van der Waals surface area contributed by atoms with Gasteiger partial charge in [-0.2, -0.15) is 5.10 Å². The third kappa shape index (κ3) is 2.77. The van der Waals surface area contributed by atoms with Crippen LogP contribution in [0.15, 0.2) is 32.5 Å². The van der Waals surface area contributed by atoms with Crippen molar-refractivity contribution in [3.05, 3.63) is 39.7 Å². The number of phenolic OH excluding ortho intramolecular Hbond substituents is 1. The molecule has 0 aliphatic rings. The molecule has 0 spiro atoms. The maximum absolute atomic E-state index is 11.5. The van der Waals surface area contributed by atoms with Crippen LogP contribution in [0.2, 0.25) is 0 Å². The average Bonchev–Trinajstić information content (AvgIpc) is 2.40. The minimum absolute atomic E-state index is 0.0350. The Kier molecular flexibility index (Phi) is 3.99. The fourth-order valence-electron chi connectivity index (χ4n) is 1.73. The number of fused-ring (bicyclic) bond motifs is 1. The zero-order chi connectivity index (χ0) is 14.7. The zero-order valence-corrected chi connectivity index (χ0v) is 11.7. The van der Waals surface area contributed by atoms with Crippen LogP contribution in [-0.2, 0) is 0 Å². The van der Waals surface area contributed by atoms with E-state index in [1.54, 1.807) is 20.0 Å². The summed E-state index contributed by atoms with van der Waals surface area (Å²) in [7, 11) is 1.66. The molecule has 20 heavy (non-hydrogen) atoms. The Hall–Kier alpha value is -2.41. The number of benzene rings is 1. The third-order valence-corrected chi connectivity index (χ3v) is 3.02. The highest BCUT2D eigenvalue weighted by molar-refractivity contribution is 7.80. The van der Waals surface area contributed by atoms with Crippen LogP contribution in [0.25, 0.3) is 11.0 Å². The maximum atomic E-state index is 11.5. The molecule has 0 aliphatic carbocycles. The summed E-state index contributed by atoms with van der Waals surface area (Å²) in [5, 5.41) is 17.5. The van der Waals surface area contributed by atoms with Crippen molar-refractivity contribution in [2.45, 2.75) is 6.92 Å². The van der Waals surface area contributed by atoms with Crippen LogP contribution in [0.1, 0.15) is 11.1 Å². The normalized spacial score (nSPS) is 10.9. The van der Waals surface area contributed by atoms with Crippen LogP contribution in [0.5, 0.6) is 5.75 Å². The van der Waals surface area contributed by atoms with Crippen molar-refractivity contribution in [1.82, 2.24) is 10.7 Å². The second kappa shape index (κ2) is 5.70. The van der Waals surface area contributed by atoms with Crippen LogP contribution >= 0.6 is 12.2 Å². The number of phenols is 1. The van der Waals surface area contributed by atoms with Gasteiger partial charge in [0.2, 0.25) is 0 Å². The van der Waals surface area contributed by atoms with Gasteiger partial charge in [0.1, 0.15) is 5.75 Å². The van der Waals surface area contributed by atoms with Crippen LogP contribution in [0, 0.1) is 6.92 Å². The number of aromatic hydroxyl groups is 1. The molecule has 0 unspecified atom stereocenters. The minimum atomic E-state index is -0.478. The summed E-state index contributed by atoms with van der Waals surface area (Å²) in [4.78, 5) is 11.5. The van der Waals surface area contributed by atoms with Gasteiger partial charge in [-0.15, -0.1) is 0 Å². The summed E-state index contributed by atoms with van der Waals surface area (Å²) >= 11 is 4.87. The molecule has 1 aromatic carbocycles. The Morgan fingerprint density at radius 1 is 1.50 bits per heavy atom. The van der Waals surface area contributed by atoms with Gasteiger partial charge in [-0.3, -0.25) is 5.43 Å². The van der Waals surface area contributed by atoms with E-state index in [4.69, 9.17) is 16.6 Å². The topological polar surface area (TPSA) is 86.9 Å². The van der Waals surface area contributed by atoms with E-state index in [2.05, 4.69) is 15.8 Å². The highest BCUT2D eigenvalue weighted by atomic mass is 32.1. The highest BCUT2D eigenvalue weighted by Gasteiger charge is 2.10. The largest absolute Gasteiger partial charge is 0.507 e. The van der Waals surface area contributed by atoms with Crippen molar-refractivity contribution in [3.63, 3.8) is 0 Å². The Bertz CT molecular complexity index is 752. The van der Waals surface area contributed by atoms with E-state index in [1.807, 2.05) is 0 Å². The quantitative estimate of drug-likeness (QED) is 0.334. The lowest BCUT2D eigenvalue weighted by Gasteiger charge is -2.05. The summed E-state index contributed by atoms with van der Waals surface area (Å²) in [5.41, 5.74) is 3.45. The number of nitrogens with one attached hydrogen (secondary N) is 2. The first-order valence-corrected chi connectivity index (χ1v) is 6.21. The zero-order valence-electron chi connectivity index (χ0n) is 10.9. The molecule has 1 heterocycles. The van der Waals surface area contributed by atoms with E-state index in [9.17, 15) is 9.90 Å². The Labute approximate surface area is 120 Å². The molecule has 0 bridgehead atoms. The number of nitrogens with zero attached hydrogens (tertiary/aromatic N) is 1. The van der Waals surface area contributed by atoms with E-state index >= 15 is 0 Å². The summed E-state index contributed by atoms with van der Waals surface area (Å²) in [6.07, 6.45) is 1.35. The first kappa shape index (κ1) is 14.0. The lowest BCUT2D eigenvalue weighted by molar-refractivity contribution is 0.472. The molecule has 0 radical (unpaired) electrons. The second-order valence-electron chi connectivity index (χ2n) is 4.07. The Balaban J connectivity index is 2.54. The molecule has 0 amide bonds. The van der Waals surface area contributed by atoms with Gasteiger partial charge in [0.25, 0.3) is 0 Å². The van der Waals surface area contributed by atoms with Crippen molar-refractivity contribution in [2.24, 2.45) is 5.10 Å². The molecule has 1 aromatic heterocycles. The number of hydrazone groups is 1. The fourth-order valence-corrected chi connectivity index (χ4v) is 1.78. The summed E-state index contributed by atoms with van der Waals surface area (Å²) in [6, 6.07) is 4.60. The van der Waals surface area contributed by atoms with Crippen LogP contribution in [0.4, 0.5) is 0 Å². The molecule has 0 fully saturated rings. The minimum Gasteiger partial charge on any atom is -0.507 e. The smallest absolute Gasteiger partial charge is 0.336 e. The first-order valence-electron chi connectivity index (χ1n) is 5.80. The molecule has 0 saturated carbocycles. The van der Waals surface area contributed by atoms with Gasteiger partial charge in [-0.25, -0.2) is 4.79 Å². The molecular formula is C13H13N3O3S. The number of thiocarbonyl (C=S) groups is 1. The average molecular weight is 291 g/mol.